The van der Waals surface area contributed by atoms with Gasteiger partial charge in [-0.3, -0.25) is 19.4 Å². The Bertz CT molecular complexity index is 922. The van der Waals surface area contributed by atoms with E-state index in [2.05, 4.69) is 31.4 Å². The van der Waals surface area contributed by atoms with Crippen molar-refractivity contribution in [1.29, 1.82) is 0 Å². The van der Waals surface area contributed by atoms with E-state index in [-0.39, 0.29) is 16.1 Å². The van der Waals surface area contributed by atoms with E-state index < -0.39 is 11.8 Å². The number of rotatable bonds is 2. The van der Waals surface area contributed by atoms with Gasteiger partial charge in [0.15, 0.2) is 10.7 Å². The van der Waals surface area contributed by atoms with Crippen molar-refractivity contribution in [1.82, 2.24) is 9.80 Å². The number of fused-ring (bicyclic) bond motifs is 1. The molecule has 27 heavy (non-hydrogen) atoms. The Kier molecular flexibility index (Phi) is 4.83. The van der Waals surface area contributed by atoms with Crippen LogP contribution < -0.4 is 4.90 Å². The smallest absolute Gasteiger partial charge is 0.274 e. The lowest BCUT2D eigenvalue weighted by atomic mass is 9.84. The lowest BCUT2D eigenvalue weighted by Gasteiger charge is -2.34. The van der Waals surface area contributed by atoms with E-state index in [9.17, 15) is 9.59 Å². The third-order valence-corrected chi connectivity index (χ3v) is 5.63. The zero-order valence-electron chi connectivity index (χ0n) is 16.3. The van der Waals surface area contributed by atoms with Crippen LogP contribution in [0.25, 0.3) is 0 Å². The molecule has 0 aliphatic carbocycles. The molecular formula is C21H23N3O2S. The summed E-state index contributed by atoms with van der Waals surface area (Å²) in [5.74, 6) is -0.831. The molecule has 2 aliphatic heterocycles. The summed E-state index contributed by atoms with van der Waals surface area (Å²) in [6.45, 7) is 8.66. The van der Waals surface area contributed by atoms with E-state index in [4.69, 9.17) is 12.2 Å². The van der Waals surface area contributed by atoms with Crippen molar-refractivity contribution in [3.05, 3.63) is 52.6 Å². The molecule has 3 rings (SSSR count). The van der Waals surface area contributed by atoms with Crippen molar-refractivity contribution >= 4 is 34.8 Å². The van der Waals surface area contributed by atoms with Crippen LogP contribution in [0.2, 0.25) is 0 Å². The van der Waals surface area contributed by atoms with Crippen LogP contribution in [-0.2, 0) is 15.0 Å². The molecular weight excluding hydrogens is 358 g/mol. The minimum atomic E-state index is -0.415. The predicted molar refractivity (Wildman–Crippen MR) is 109 cm³/mol. The van der Waals surface area contributed by atoms with Gasteiger partial charge in [0.2, 0.25) is 0 Å². The summed E-state index contributed by atoms with van der Waals surface area (Å²) in [5, 5.41) is 0.249. The number of hydrogen-bond acceptors (Lipinski definition) is 4. The first-order chi connectivity index (χ1) is 12.8. The number of para-hydroxylation sites is 1. The van der Waals surface area contributed by atoms with E-state index >= 15 is 0 Å². The van der Waals surface area contributed by atoms with Crippen molar-refractivity contribution in [3.8, 4) is 0 Å². The Morgan fingerprint density at radius 1 is 1.00 bits per heavy atom. The Labute approximate surface area is 165 Å². The highest BCUT2D eigenvalue weighted by molar-refractivity contribution is 7.80. The highest BCUT2D eigenvalue weighted by Crippen LogP contribution is 2.46. The molecule has 1 fully saturated rings. The van der Waals surface area contributed by atoms with Gasteiger partial charge < -0.3 is 4.90 Å². The standard InChI is InChI=1S/C21H23N3O2S/c1-6-23-18(25)14(19(26)24(7-2)20(23)27)12-13-17-21(3,4)15-10-8-9-11-16(15)22(17)5/h8-11H,6-7H2,1-5H3. The Balaban J connectivity index is 2.20. The molecule has 5 nitrogen and oxygen atoms in total. The number of allylic oxidation sites excluding steroid dienone is 1. The zero-order valence-corrected chi connectivity index (χ0v) is 17.1. The molecule has 1 saturated heterocycles. The van der Waals surface area contributed by atoms with Gasteiger partial charge in [-0.15, -0.1) is 0 Å². The number of thiocarbonyl (C=S) groups is 1. The molecule has 2 aliphatic rings. The van der Waals surface area contributed by atoms with Crippen LogP contribution in [0.15, 0.2) is 47.0 Å². The molecule has 1 aromatic rings. The summed E-state index contributed by atoms with van der Waals surface area (Å²) < 4.78 is 0. The Hall–Kier alpha value is -2.65. The number of amides is 2. The normalized spacial score (nSPS) is 18.7. The van der Waals surface area contributed by atoms with Gasteiger partial charge in [-0.1, -0.05) is 18.2 Å². The number of hydrogen-bond donors (Lipinski definition) is 0. The topological polar surface area (TPSA) is 43.9 Å². The van der Waals surface area contributed by atoms with Gasteiger partial charge in [-0.25, -0.2) is 0 Å². The fraction of sp³-hybridized carbons (Fsp3) is 0.381. The van der Waals surface area contributed by atoms with E-state index in [0.29, 0.717) is 13.1 Å². The molecule has 0 spiro atoms. The summed E-state index contributed by atoms with van der Waals surface area (Å²) in [7, 11) is 1.96. The minimum absolute atomic E-state index is 0.0278. The van der Waals surface area contributed by atoms with Crippen molar-refractivity contribution in [2.75, 3.05) is 25.0 Å². The number of nitrogens with zero attached hydrogens (tertiary/aromatic N) is 3. The van der Waals surface area contributed by atoms with Crippen LogP contribution in [0.4, 0.5) is 5.69 Å². The summed E-state index contributed by atoms with van der Waals surface area (Å²) in [6, 6.07) is 8.13. The van der Waals surface area contributed by atoms with Crippen molar-refractivity contribution < 1.29 is 9.59 Å². The maximum Gasteiger partial charge on any atom is 0.274 e. The van der Waals surface area contributed by atoms with E-state index in [1.54, 1.807) is 0 Å². The lowest BCUT2D eigenvalue weighted by Crippen LogP contribution is -2.55. The average Bonchev–Trinajstić information content (AvgIpc) is 2.83. The number of anilines is 1. The van der Waals surface area contributed by atoms with Crippen LogP contribution in [0.5, 0.6) is 0 Å². The van der Waals surface area contributed by atoms with Crippen molar-refractivity contribution in [3.63, 3.8) is 0 Å². The number of likely N-dealkylation sites (N-methyl/N-ethyl adjacent to an activating group) is 3. The van der Waals surface area contributed by atoms with E-state index in [1.165, 1.54) is 15.4 Å². The fourth-order valence-corrected chi connectivity index (χ4v) is 4.09. The monoisotopic (exact) mass is 381 g/mol. The average molecular weight is 382 g/mol. The zero-order chi connectivity index (χ0) is 19.9. The lowest BCUT2D eigenvalue weighted by molar-refractivity contribution is -0.133. The van der Waals surface area contributed by atoms with Crippen molar-refractivity contribution in [2.24, 2.45) is 0 Å². The Morgan fingerprint density at radius 2 is 1.56 bits per heavy atom. The molecule has 2 amide bonds. The van der Waals surface area contributed by atoms with Gasteiger partial charge >= 0.3 is 0 Å². The number of carbonyl (C=O) groups is 2. The summed E-state index contributed by atoms with van der Waals surface area (Å²) >= 11 is 5.28. The summed E-state index contributed by atoms with van der Waals surface area (Å²) in [5.41, 5.74) is 8.79. The second-order valence-electron chi connectivity index (χ2n) is 7.06. The second-order valence-corrected chi connectivity index (χ2v) is 7.42. The molecule has 0 radical (unpaired) electrons. The third-order valence-electron chi connectivity index (χ3n) is 5.18. The third kappa shape index (κ3) is 2.83. The van der Waals surface area contributed by atoms with Crippen LogP contribution in [0, 0.1) is 0 Å². The summed E-state index contributed by atoms with van der Waals surface area (Å²) in [6.07, 6.45) is 0. The van der Waals surface area contributed by atoms with Crippen LogP contribution in [0.3, 0.4) is 0 Å². The molecule has 0 N–H and O–H groups in total. The van der Waals surface area contributed by atoms with Gasteiger partial charge in [-0.2, -0.15) is 0 Å². The van der Waals surface area contributed by atoms with Gasteiger partial charge in [-0.05, 0) is 63.0 Å². The molecule has 0 saturated carbocycles. The first-order valence-corrected chi connectivity index (χ1v) is 9.43. The summed E-state index contributed by atoms with van der Waals surface area (Å²) in [4.78, 5) is 30.3. The quantitative estimate of drug-likeness (QED) is 0.342. The van der Waals surface area contributed by atoms with Crippen molar-refractivity contribution in [2.45, 2.75) is 33.1 Å². The maximum absolute atomic E-state index is 12.7. The number of benzene rings is 1. The molecule has 2 heterocycles. The van der Waals surface area contributed by atoms with E-state index in [0.717, 1.165) is 11.4 Å². The highest BCUT2D eigenvalue weighted by atomic mass is 32.1. The first-order valence-electron chi connectivity index (χ1n) is 9.03. The molecule has 0 aromatic heterocycles. The Morgan fingerprint density at radius 3 is 2.07 bits per heavy atom. The molecule has 1 aromatic carbocycles. The second kappa shape index (κ2) is 6.82. The first kappa shape index (κ1) is 19.1. The van der Waals surface area contributed by atoms with E-state index in [1.807, 2.05) is 44.0 Å². The van der Waals surface area contributed by atoms with Crippen LogP contribution in [0.1, 0.15) is 33.3 Å². The van der Waals surface area contributed by atoms with Crippen LogP contribution >= 0.6 is 12.2 Å². The molecule has 140 valence electrons. The van der Waals surface area contributed by atoms with Crippen LogP contribution in [-0.4, -0.2) is 46.9 Å². The highest BCUT2D eigenvalue weighted by Gasteiger charge is 2.40. The molecule has 0 unspecified atom stereocenters. The predicted octanol–water partition coefficient (Wildman–Crippen LogP) is 2.97. The maximum atomic E-state index is 12.7. The largest absolute Gasteiger partial charge is 0.340 e. The SMILES string of the molecule is CCN1C(=O)C(=C=C=C2N(C)c3ccccc3C2(C)C)C(=O)N(CC)C1=S. The number of carbonyl (C=O) groups excluding carboxylic acids is 2. The minimum Gasteiger partial charge on any atom is -0.340 e. The molecule has 0 atom stereocenters. The molecule has 0 bridgehead atoms. The van der Waals surface area contributed by atoms with Gasteiger partial charge in [0, 0.05) is 31.2 Å². The van der Waals surface area contributed by atoms with Gasteiger partial charge in [0.05, 0.1) is 5.70 Å². The molecule has 6 heteroatoms. The van der Waals surface area contributed by atoms with Gasteiger partial charge in [0.25, 0.3) is 11.8 Å². The fourth-order valence-electron chi connectivity index (χ4n) is 3.67. The van der Waals surface area contributed by atoms with Gasteiger partial charge in [0.1, 0.15) is 0 Å².